The number of methoxy groups -OCH3 is 1. The molecule has 1 heterocycles. The first kappa shape index (κ1) is 14.7. The molecule has 1 aromatic carbocycles. The number of ether oxygens (including phenoxy) is 1. The Morgan fingerprint density at radius 1 is 1.30 bits per heavy atom. The fraction of sp³-hybridized carbons (Fsp3) is 0.333. The van der Waals surface area contributed by atoms with Gasteiger partial charge < -0.3 is 4.74 Å². The molecular weight excluding hydrogens is 274 g/mol. The molecule has 2 rings (SSSR count). The summed E-state index contributed by atoms with van der Waals surface area (Å²) in [6.45, 7) is 1.72. The van der Waals surface area contributed by atoms with E-state index in [4.69, 9.17) is 0 Å². The van der Waals surface area contributed by atoms with Gasteiger partial charge in [0.1, 0.15) is 0 Å². The van der Waals surface area contributed by atoms with Gasteiger partial charge in [-0.15, -0.1) is 0 Å². The summed E-state index contributed by atoms with van der Waals surface area (Å²) >= 11 is 0. The number of benzene rings is 1. The highest BCUT2D eigenvalue weighted by atomic mass is 32.2. The Labute approximate surface area is 120 Å². The lowest BCUT2D eigenvalue weighted by molar-refractivity contribution is -0.144. The van der Waals surface area contributed by atoms with Gasteiger partial charge in [-0.05, 0) is 12.1 Å². The normalized spacial score (nSPS) is 13.9. The van der Waals surface area contributed by atoms with Crippen LogP contribution in [0.25, 0.3) is 10.9 Å². The summed E-state index contributed by atoms with van der Waals surface area (Å²) in [6, 6.07) is 11.7. The highest BCUT2D eigenvalue weighted by Crippen LogP contribution is 2.13. The topological polar surface area (TPSA) is 56.3 Å². The fourth-order valence-corrected chi connectivity index (χ4v) is 3.26. The lowest BCUT2D eigenvalue weighted by Gasteiger charge is -2.08. The van der Waals surface area contributed by atoms with Crippen LogP contribution >= 0.6 is 0 Å². The van der Waals surface area contributed by atoms with Crippen LogP contribution in [-0.4, -0.2) is 28.0 Å². The third kappa shape index (κ3) is 3.63. The smallest absolute Gasteiger partial charge is 0.309 e. The van der Waals surface area contributed by atoms with Crippen LogP contribution in [0.4, 0.5) is 0 Å². The number of rotatable bonds is 5. The molecule has 0 saturated heterocycles. The van der Waals surface area contributed by atoms with Crippen LogP contribution in [0.3, 0.4) is 0 Å². The summed E-state index contributed by atoms with van der Waals surface area (Å²) in [5.74, 6) is -0.0426. The van der Waals surface area contributed by atoms with Crippen molar-refractivity contribution in [2.75, 3.05) is 12.9 Å². The number of hydrogen-bond acceptors (Lipinski definition) is 4. The van der Waals surface area contributed by atoms with Gasteiger partial charge in [0.05, 0.1) is 30.0 Å². The largest absolute Gasteiger partial charge is 0.469 e. The van der Waals surface area contributed by atoms with Gasteiger partial charge in [0.25, 0.3) is 0 Å². The van der Waals surface area contributed by atoms with Crippen molar-refractivity contribution in [1.29, 1.82) is 0 Å². The Kier molecular flexibility index (Phi) is 4.84. The van der Waals surface area contributed by atoms with Crippen molar-refractivity contribution in [3.63, 3.8) is 0 Å². The quantitative estimate of drug-likeness (QED) is 0.793. The molecule has 2 atom stereocenters. The predicted molar refractivity (Wildman–Crippen MR) is 79.6 cm³/mol. The second-order valence-electron chi connectivity index (χ2n) is 4.67. The minimum atomic E-state index is -1.13. The Morgan fingerprint density at radius 3 is 2.80 bits per heavy atom. The molecule has 0 aliphatic rings. The molecule has 0 bridgehead atoms. The third-order valence-electron chi connectivity index (χ3n) is 3.00. The van der Waals surface area contributed by atoms with Crippen LogP contribution in [-0.2, 0) is 26.1 Å². The monoisotopic (exact) mass is 291 g/mol. The Hall–Kier alpha value is -1.75. The van der Waals surface area contributed by atoms with Crippen molar-refractivity contribution in [3.05, 3.63) is 42.1 Å². The summed E-state index contributed by atoms with van der Waals surface area (Å²) in [6.07, 6.45) is 0. The minimum Gasteiger partial charge on any atom is -0.469 e. The molecular formula is C15H17NO3S. The molecule has 0 N–H and O–H groups in total. The van der Waals surface area contributed by atoms with Crippen LogP contribution in [0.5, 0.6) is 0 Å². The van der Waals surface area contributed by atoms with E-state index in [2.05, 4.69) is 9.72 Å². The first-order valence-corrected chi connectivity index (χ1v) is 7.86. The average molecular weight is 291 g/mol. The fourth-order valence-electron chi connectivity index (χ4n) is 1.96. The first-order chi connectivity index (χ1) is 9.60. The summed E-state index contributed by atoms with van der Waals surface area (Å²) in [5, 5.41) is 1.06. The van der Waals surface area contributed by atoms with E-state index in [9.17, 15) is 9.00 Å². The van der Waals surface area contributed by atoms with Crippen molar-refractivity contribution < 1.29 is 13.7 Å². The lowest BCUT2D eigenvalue weighted by atomic mass is 10.2. The van der Waals surface area contributed by atoms with Gasteiger partial charge in [-0.2, -0.15) is 0 Å². The standard InChI is InChI=1S/C15H17NO3S/c1-11(15(17)19-2)9-20(18)10-13-8-7-12-5-3-4-6-14(12)16-13/h3-8,11H,9-10H2,1-2H3. The van der Waals surface area contributed by atoms with Crippen LogP contribution in [0, 0.1) is 5.92 Å². The Balaban J connectivity index is 2.04. The van der Waals surface area contributed by atoms with Crippen LogP contribution in [0.2, 0.25) is 0 Å². The number of fused-ring (bicyclic) bond motifs is 1. The van der Waals surface area contributed by atoms with E-state index >= 15 is 0 Å². The maximum absolute atomic E-state index is 12.0. The van der Waals surface area contributed by atoms with Gasteiger partial charge in [0.2, 0.25) is 0 Å². The highest BCUT2D eigenvalue weighted by Gasteiger charge is 2.17. The van der Waals surface area contributed by atoms with Gasteiger partial charge in [-0.25, -0.2) is 0 Å². The minimum absolute atomic E-state index is 0.293. The van der Waals surface area contributed by atoms with Crippen molar-refractivity contribution in [3.8, 4) is 0 Å². The summed E-state index contributed by atoms with van der Waals surface area (Å²) in [4.78, 5) is 15.8. The molecule has 0 aliphatic heterocycles. The zero-order valence-corrected chi connectivity index (χ0v) is 12.4. The number of carbonyl (C=O) groups excluding carboxylic acids is 1. The lowest BCUT2D eigenvalue weighted by Crippen LogP contribution is -2.20. The molecule has 2 unspecified atom stereocenters. The van der Waals surface area contributed by atoms with Gasteiger partial charge in [0.15, 0.2) is 0 Å². The average Bonchev–Trinajstić information content (AvgIpc) is 2.46. The summed E-state index contributed by atoms with van der Waals surface area (Å²) in [5.41, 5.74) is 1.67. The second-order valence-corrected chi connectivity index (χ2v) is 6.17. The zero-order chi connectivity index (χ0) is 14.5. The SMILES string of the molecule is COC(=O)C(C)CS(=O)Cc1ccc2ccccc2n1. The molecule has 0 amide bonds. The van der Waals surface area contributed by atoms with E-state index < -0.39 is 10.8 Å². The van der Waals surface area contributed by atoms with Crippen LogP contribution in [0.15, 0.2) is 36.4 Å². The van der Waals surface area contributed by atoms with Crippen molar-refractivity contribution >= 4 is 27.7 Å². The van der Waals surface area contributed by atoms with Gasteiger partial charge in [0, 0.05) is 21.9 Å². The Morgan fingerprint density at radius 2 is 2.05 bits per heavy atom. The second kappa shape index (κ2) is 6.61. The van der Waals surface area contributed by atoms with Gasteiger partial charge in [-0.1, -0.05) is 31.2 Å². The number of aromatic nitrogens is 1. The van der Waals surface area contributed by atoms with E-state index in [1.807, 2.05) is 36.4 Å². The predicted octanol–water partition coefficient (Wildman–Crippen LogP) is 2.29. The molecule has 5 heteroatoms. The van der Waals surface area contributed by atoms with E-state index in [1.165, 1.54) is 7.11 Å². The molecule has 2 aromatic rings. The molecule has 0 saturated carbocycles. The molecule has 0 radical (unpaired) electrons. The molecule has 1 aromatic heterocycles. The first-order valence-electron chi connectivity index (χ1n) is 6.37. The van der Waals surface area contributed by atoms with E-state index in [-0.39, 0.29) is 11.9 Å². The molecule has 20 heavy (non-hydrogen) atoms. The third-order valence-corrected chi connectivity index (χ3v) is 4.49. The molecule has 0 aliphatic carbocycles. The van der Waals surface area contributed by atoms with E-state index in [0.29, 0.717) is 11.5 Å². The van der Waals surface area contributed by atoms with Gasteiger partial charge >= 0.3 is 5.97 Å². The highest BCUT2D eigenvalue weighted by molar-refractivity contribution is 7.84. The van der Waals surface area contributed by atoms with Crippen LogP contribution < -0.4 is 0 Å². The molecule has 106 valence electrons. The number of esters is 1. The number of para-hydroxylation sites is 1. The zero-order valence-electron chi connectivity index (χ0n) is 11.5. The van der Waals surface area contributed by atoms with Crippen molar-refractivity contribution in [2.24, 2.45) is 5.92 Å². The van der Waals surface area contributed by atoms with E-state index in [1.54, 1.807) is 6.92 Å². The summed E-state index contributed by atoms with van der Waals surface area (Å²) in [7, 11) is 0.210. The molecule has 0 fully saturated rings. The molecule has 0 spiro atoms. The number of nitrogens with zero attached hydrogens (tertiary/aromatic N) is 1. The van der Waals surface area contributed by atoms with E-state index in [0.717, 1.165) is 16.6 Å². The maximum atomic E-state index is 12.0. The number of carbonyl (C=O) groups is 1. The number of hydrogen-bond donors (Lipinski definition) is 0. The van der Waals surface area contributed by atoms with Crippen molar-refractivity contribution in [2.45, 2.75) is 12.7 Å². The Bertz CT molecular complexity index is 642. The van der Waals surface area contributed by atoms with Gasteiger partial charge in [-0.3, -0.25) is 14.0 Å². The van der Waals surface area contributed by atoms with Crippen molar-refractivity contribution in [1.82, 2.24) is 4.98 Å². The summed E-state index contributed by atoms with van der Waals surface area (Å²) < 4.78 is 16.7. The number of pyridine rings is 1. The molecule has 4 nitrogen and oxygen atoms in total. The van der Waals surface area contributed by atoms with Crippen LogP contribution in [0.1, 0.15) is 12.6 Å². The maximum Gasteiger partial charge on any atom is 0.309 e.